The van der Waals surface area contributed by atoms with Crippen molar-refractivity contribution in [2.45, 2.75) is 26.3 Å². The van der Waals surface area contributed by atoms with Gasteiger partial charge in [-0.2, -0.15) is 4.98 Å². The molecule has 0 saturated carbocycles. The second kappa shape index (κ2) is 6.38. The molecule has 0 spiro atoms. The summed E-state index contributed by atoms with van der Waals surface area (Å²) in [5, 5.41) is 4.57. The van der Waals surface area contributed by atoms with Gasteiger partial charge in [-0.3, -0.25) is 9.47 Å². The minimum absolute atomic E-state index is 0.121. The number of benzene rings is 1. The molecule has 1 aliphatic rings. The smallest absolute Gasteiger partial charge is 0.324 e. The third-order valence-corrected chi connectivity index (χ3v) is 4.74. The predicted molar refractivity (Wildman–Crippen MR) is 101 cm³/mol. The van der Waals surface area contributed by atoms with Gasteiger partial charge in [-0.1, -0.05) is 36.7 Å². The first-order valence-electron chi connectivity index (χ1n) is 8.56. The van der Waals surface area contributed by atoms with E-state index in [4.69, 9.17) is 16.1 Å². The van der Waals surface area contributed by atoms with Crippen LogP contribution in [-0.4, -0.2) is 44.7 Å². The molecular formula is C18H19ClN6O2. The van der Waals surface area contributed by atoms with Crippen molar-refractivity contribution in [2.75, 3.05) is 19.0 Å². The fraction of sp³-hybridized carbons (Fsp3) is 0.333. The maximum absolute atomic E-state index is 12.8. The van der Waals surface area contributed by atoms with Gasteiger partial charge in [0.25, 0.3) is 0 Å². The number of rotatable bonds is 2. The zero-order valence-electron chi connectivity index (χ0n) is 15.5. The lowest BCUT2D eigenvalue weighted by molar-refractivity contribution is 0.223. The monoisotopic (exact) mass is 386 g/mol. The zero-order valence-corrected chi connectivity index (χ0v) is 16.2. The second-order valence-corrected chi connectivity index (χ2v) is 7.30. The number of carbonyl (C=O) groups is 1. The number of nitrogens with zero attached hydrogens (tertiary/aromatic N) is 6. The number of urea groups is 1. The molecule has 0 aliphatic carbocycles. The maximum atomic E-state index is 12.8. The summed E-state index contributed by atoms with van der Waals surface area (Å²) in [6.07, 6.45) is 1.70. The van der Waals surface area contributed by atoms with Crippen molar-refractivity contribution in [3.63, 3.8) is 0 Å². The quantitative estimate of drug-likeness (QED) is 0.670. The van der Waals surface area contributed by atoms with Crippen LogP contribution in [0.25, 0.3) is 17.2 Å². The Morgan fingerprint density at radius 1 is 1.33 bits per heavy atom. The van der Waals surface area contributed by atoms with E-state index in [1.807, 2.05) is 30.5 Å². The van der Waals surface area contributed by atoms with Crippen LogP contribution in [0.2, 0.25) is 5.02 Å². The molecule has 0 atom stereocenters. The number of anilines is 1. The normalized spacial score (nSPS) is 12.9. The van der Waals surface area contributed by atoms with Gasteiger partial charge in [-0.15, -0.1) is 0 Å². The predicted octanol–water partition coefficient (Wildman–Crippen LogP) is 3.70. The van der Waals surface area contributed by atoms with E-state index in [1.165, 1.54) is 4.90 Å². The molecule has 0 unspecified atom stereocenters. The lowest BCUT2D eigenvalue weighted by Crippen LogP contribution is -2.41. The molecule has 4 rings (SSSR count). The highest BCUT2D eigenvalue weighted by atomic mass is 35.5. The second-order valence-electron chi connectivity index (χ2n) is 6.89. The summed E-state index contributed by atoms with van der Waals surface area (Å²) in [5.41, 5.74) is 2.83. The molecule has 2 aromatic heterocycles. The van der Waals surface area contributed by atoms with E-state index in [-0.39, 0.29) is 11.9 Å². The fourth-order valence-corrected chi connectivity index (χ4v) is 3.36. The van der Waals surface area contributed by atoms with Crippen LogP contribution in [0.3, 0.4) is 0 Å². The van der Waals surface area contributed by atoms with Crippen molar-refractivity contribution in [3.8, 4) is 17.2 Å². The van der Waals surface area contributed by atoms with Gasteiger partial charge in [-0.05, 0) is 12.1 Å². The Kier molecular flexibility index (Phi) is 4.15. The van der Waals surface area contributed by atoms with Crippen molar-refractivity contribution >= 4 is 23.3 Å². The summed E-state index contributed by atoms with van der Waals surface area (Å²) in [5.74, 6) is 1.08. The summed E-state index contributed by atoms with van der Waals surface area (Å²) in [4.78, 5) is 24.9. The van der Waals surface area contributed by atoms with E-state index in [1.54, 1.807) is 31.4 Å². The van der Waals surface area contributed by atoms with Crippen LogP contribution in [0, 0.1) is 0 Å². The number of imidazole rings is 1. The highest BCUT2D eigenvalue weighted by Crippen LogP contribution is 2.40. The van der Waals surface area contributed by atoms with Crippen molar-refractivity contribution in [1.82, 2.24) is 24.6 Å². The highest BCUT2D eigenvalue weighted by molar-refractivity contribution is 6.34. The van der Waals surface area contributed by atoms with Crippen molar-refractivity contribution < 1.29 is 9.32 Å². The number of para-hydroxylation sites is 1. The molecule has 1 aliphatic heterocycles. The molecule has 8 nitrogen and oxygen atoms in total. The van der Waals surface area contributed by atoms with E-state index in [0.29, 0.717) is 34.7 Å². The zero-order chi connectivity index (χ0) is 19.3. The molecule has 3 heterocycles. The van der Waals surface area contributed by atoms with Crippen molar-refractivity contribution in [2.24, 2.45) is 0 Å². The number of hydrogen-bond acceptors (Lipinski definition) is 5. The standard InChI is InChI=1S/C18H19ClN6O2/c1-10(2)17-21-16(22-27-17)14-13-8-24(18(26)23(3)4)15-11(19)6-5-7-12(15)25(13)9-20-14/h5-7,9-10H,8H2,1-4H3. The molecule has 0 radical (unpaired) electrons. The van der Waals surface area contributed by atoms with Gasteiger partial charge in [-0.25, -0.2) is 9.78 Å². The summed E-state index contributed by atoms with van der Waals surface area (Å²) in [6.45, 7) is 4.26. The Morgan fingerprint density at radius 2 is 2.11 bits per heavy atom. The molecule has 0 fully saturated rings. The summed E-state index contributed by atoms with van der Waals surface area (Å²) in [7, 11) is 3.42. The molecule has 3 aromatic rings. The van der Waals surface area contributed by atoms with Gasteiger partial charge in [0.2, 0.25) is 11.7 Å². The first-order chi connectivity index (χ1) is 12.9. The van der Waals surface area contributed by atoms with Gasteiger partial charge in [0.15, 0.2) is 0 Å². The minimum atomic E-state index is -0.168. The Balaban J connectivity index is 1.88. The fourth-order valence-electron chi connectivity index (χ4n) is 3.08. The molecule has 140 valence electrons. The van der Waals surface area contributed by atoms with Crippen molar-refractivity contribution in [1.29, 1.82) is 0 Å². The third kappa shape index (κ3) is 2.76. The Hall–Kier alpha value is -2.87. The van der Waals surface area contributed by atoms with Crippen LogP contribution in [0.5, 0.6) is 0 Å². The number of fused-ring (bicyclic) bond motifs is 3. The van der Waals surface area contributed by atoms with Crippen LogP contribution in [0.1, 0.15) is 31.4 Å². The van der Waals surface area contributed by atoms with E-state index in [2.05, 4.69) is 15.1 Å². The molecular weight excluding hydrogens is 368 g/mol. The minimum Gasteiger partial charge on any atom is -0.339 e. The van der Waals surface area contributed by atoms with Crippen LogP contribution in [-0.2, 0) is 6.54 Å². The summed E-state index contributed by atoms with van der Waals surface area (Å²) in [6, 6.07) is 5.35. The first-order valence-corrected chi connectivity index (χ1v) is 8.94. The molecule has 0 saturated heterocycles. The van der Waals surface area contributed by atoms with Gasteiger partial charge in [0.1, 0.15) is 12.0 Å². The molecule has 1 aromatic carbocycles. The van der Waals surface area contributed by atoms with Crippen molar-refractivity contribution in [3.05, 3.63) is 41.1 Å². The van der Waals surface area contributed by atoms with Crippen LogP contribution < -0.4 is 4.90 Å². The molecule has 0 N–H and O–H groups in total. The molecule has 2 amide bonds. The molecule has 27 heavy (non-hydrogen) atoms. The number of hydrogen-bond donors (Lipinski definition) is 0. The largest absolute Gasteiger partial charge is 0.339 e. The Labute approximate surface area is 161 Å². The third-order valence-electron chi connectivity index (χ3n) is 4.43. The average molecular weight is 387 g/mol. The highest BCUT2D eigenvalue weighted by Gasteiger charge is 2.33. The summed E-state index contributed by atoms with van der Waals surface area (Å²) < 4.78 is 7.24. The lowest BCUT2D eigenvalue weighted by atomic mass is 10.1. The first kappa shape index (κ1) is 17.5. The number of carbonyl (C=O) groups excluding carboxylic acids is 1. The number of amides is 2. The molecule has 0 bridgehead atoms. The van der Waals surface area contributed by atoms with Gasteiger partial charge in [0, 0.05) is 20.0 Å². The topological polar surface area (TPSA) is 80.3 Å². The maximum Gasteiger partial charge on any atom is 0.324 e. The average Bonchev–Trinajstić information content (AvgIpc) is 3.27. The van der Waals surface area contributed by atoms with E-state index in [0.717, 1.165) is 11.4 Å². The summed E-state index contributed by atoms with van der Waals surface area (Å²) >= 11 is 6.43. The van der Waals surface area contributed by atoms with E-state index < -0.39 is 0 Å². The van der Waals surface area contributed by atoms with Gasteiger partial charge >= 0.3 is 6.03 Å². The SMILES string of the molecule is CC(C)c1nc(-c2ncn3c2CN(C(=O)N(C)C)c2c(Cl)cccc2-3)no1. The Morgan fingerprint density at radius 3 is 2.78 bits per heavy atom. The molecule has 9 heteroatoms. The van der Waals surface area contributed by atoms with E-state index in [9.17, 15) is 4.79 Å². The number of halogens is 1. The van der Waals surface area contributed by atoms with Crippen LogP contribution >= 0.6 is 11.6 Å². The van der Waals surface area contributed by atoms with Crippen LogP contribution in [0.15, 0.2) is 29.0 Å². The Bertz CT molecular complexity index is 1020. The van der Waals surface area contributed by atoms with Gasteiger partial charge in [0.05, 0.1) is 28.6 Å². The lowest BCUT2D eigenvalue weighted by Gasteiger charge is -2.33. The van der Waals surface area contributed by atoms with E-state index >= 15 is 0 Å². The number of aromatic nitrogens is 4. The van der Waals surface area contributed by atoms with Crippen LogP contribution in [0.4, 0.5) is 10.5 Å². The van der Waals surface area contributed by atoms with Gasteiger partial charge < -0.3 is 9.42 Å².